The predicted octanol–water partition coefficient (Wildman–Crippen LogP) is 3.38. The van der Waals surface area contributed by atoms with Crippen LogP contribution in [0.15, 0.2) is 54.9 Å². The van der Waals surface area contributed by atoms with E-state index in [9.17, 15) is 0 Å². The van der Waals surface area contributed by atoms with Gasteiger partial charge in [-0.3, -0.25) is 9.78 Å². The van der Waals surface area contributed by atoms with E-state index in [1.165, 1.54) is 5.39 Å². The molecule has 2 heterocycles. The first-order valence-corrected chi connectivity index (χ1v) is 6.36. The Kier molecular flexibility index (Phi) is 4.82. The second-order valence-corrected chi connectivity index (χ2v) is 4.30. The van der Waals surface area contributed by atoms with Crippen LogP contribution in [0.5, 0.6) is 0 Å². The number of carbonyl (C=O) groups is 1. The van der Waals surface area contributed by atoms with Crippen LogP contribution in [0, 0.1) is 6.92 Å². The number of benzene rings is 1. The Morgan fingerprint density at radius 2 is 1.86 bits per heavy atom. The van der Waals surface area contributed by atoms with Gasteiger partial charge in [0.05, 0.1) is 11.9 Å². The highest BCUT2D eigenvalue weighted by Crippen LogP contribution is 2.23. The maximum atomic E-state index is 8.36. The molecule has 3 aromatic rings. The lowest BCUT2D eigenvalue weighted by Gasteiger charge is -2.08. The minimum Gasteiger partial charge on any atom is -0.483 e. The van der Waals surface area contributed by atoms with Gasteiger partial charge in [0, 0.05) is 17.3 Å². The zero-order valence-electron chi connectivity index (χ0n) is 11.5. The van der Waals surface area contributed by atoms with Gasteiger partial charge in [-0.2, -0.15) is 0 Å². The Balaban J connectivity index is 0.000000497. The molecule has 2 N–H and O–H groups in total. The molecule has 0 saturated carbocycles. The molecule has 5 nitrogen and oxygen atoms in total. The Labute approximate surface area is 122 Å². The number of fused-ring (bicyclic) bond motifs is 1. The smallest absolute Gasteiger partial charge is 0.290 e. The molecule has 0 aliphatic carbocycles. The zero-order valence-corrected chi connectivity index (χ0v) is 11.5. The van der Waals surface area contributed by atoms with Gasteiger partial charge in [0.1, 0.15) is 5.82 Å². The molecule has 0 saturated heterocycles. The molecule has 5 heteroatoms. The van der Waals surface area contributed by atoms with Crippen LogP contribution in [-0.4, -0.2) is 21.5 Å². The third kappa shape index (κ3) is 3.76. The van der Waals surface area contributed by atoms with Gasteiger partial charge in [0.25, 0.3) is 6.47 Å². The van der Waals surface area contributed by atoms with E-state index >= 15 is 0 Å². The molecule has 21 heavy (non-hydrogen) atoms. The number of anilines is 2. The Bertz CT molecular complexity index is 722. The van der Waals surface area contributed by atoms with Crippen LogP contribution < -0.4 is 5.32 Å². The zero-order chi connectivity index (χ0) is 15.1. The summed E-state index contributed by atoms with van der Waals surface area (Å²) in [6.45, 7) is 1.72. The third-order valence-corrected chi connectivity index (χ3v) is 2.85. The second kappa shape index (κ2) is 7.00. The van der Waals surface area contributed by atoms with Crippen molar-refractivity contribution in [3.05, 3.63) is 60.6 Å². The van der Waals surface area contributed by atoms with Gasteiger partial charge >= 0.3 is 0 Å². The van der Waals surface area contributed by atoms with Crippen molar-refractivity contribution in [2.45, 2.75) is 6.92 Å². The van der Waals surface area contributed by atoms with Crippen LogP contribution in [-0.2, 0) is 4.79 Å². The molecule has 0 aliphatic heterocycles. The molecule has 106 valence electrons. The van der Waals surface area contributed by atoms with Gasteiger partial charge in [0.2, 0.25) is 0 Å². The van der Waals surface area contributed by atoms with E-state index < -0.39 is 0 Å². The molecule has 0 unspecified atom stereocenters. The quantitative estimate of drug-likeness (QED) is 0.704. The maximum Gasteiger partial charge on any atom is 0.290 e. The summed E-state index contributed by atoms with van der Waals surface area (Å²) < 4.78 is 0. The molecule has 0 aliphatic rings. The van der Waals surface area contributed by atoms with Gasteiger partial charge in [-0.1, -0.05) is 24.3 Å². The summed E-state index contributed by atoms with van der Waals surface area (Å²) in [5.74, 6) is 0.860. The van der Waals surface area contributed by atoms with Gasteiger partial charge in [-0.25, -0.2) is 4.98 Å². The van der Waals surface area contributed by atoms with Crippen molar-refractivity contribution in [1.82, 2.24) is 9.97 Å². The monoisotopic (exact) mass is 281 g/mol. The summed E-state index contributed by atoms with van der Waals surface area (Å²) in [5.41, 5.74) is 1.95. The number of hydrogen-bond acceptors (Lipinski definition) is 4. The van der Waals surface area contributed by atoms with Crippen LogP contribution in [0.1, 0.15) is 5.69 Å². The van der Waals surface area contributed by atoms with E-state index in [0.717, 1.165) is 22.6 Å². The minimum atomic E-state index is -0.250. The summed E-state index contributed by atoms with van der Waals surface area (Å²) in [7, 11) is 0. The average molecular weight is 281 g/mol. The summed E-state index contributed by atoms with van der Waals surface area (Å²) >= 11 is 0. The van der Waals surface area contributed by atoms with Crippen molar-refractivity contribution in [3.8, 4) is 0 Å². The first-order chi connectivity index (χ1) is 10.2. The highest BCUT2D eigenvalue weighted by Gasteiger charge is 2.02. The standard InChI is InChI=1S/C15H13N3.CH2O2/c1-11-6-7-13(10-17-11)18-15-14-5-3-2-4-12(14)8-9-16-15;2-1-3/h2-10H,1H3,(H,16,18);1H,(H,2,3). The largest absolute Gasteiger partial charge is 0.483 e. The summed E-state index contributed by atoms with van der Waals surface area (Å²) in [6.07, 6.45) is 3.63. The van der Waals surface area contributed by atoms with Gasteiger partial charge in [-0.05, 0) is 30.5 Å². The molecule has 0 fully saturated rings. The number of aromatic nitrogens is 2. The van der Waals surface area contributed by atoms with Gasteiger partial charge < -0.3 is 10.4 Å². The SMILES string of the molecule is Cc1ccc(Nc2nccc3ccccc23)cn1.O=CO. The summed E-state index contributed by atoms with van der Waals surface area (Å²) in [5, 5.41) is 12.5. The first-order valence-electron chi connectivity index (χ1n) is 6.36. The maximum absolute atomic E-state index is 8.36. The Morgan fingerprint density at radius 1 is 1.10 bits per heavy atom. The number of rotatable bonds is 2. The topological polar surface area (TPSA) is 75.1 Å². The average Bonchev–Trinajstić information content (AvgIpc) is 2.51. The van der Waals surface area contributed by atoms with Crippen LogP contribution in [0.2, 0.25) is 0 Å². The highest BCUT2D eigenvalue weighted by molar-refractivity contribution is 5.93. The number of pyridine rings is 2. The molecule has 1 aromatic carbocycles. The first kappa shape index (κ1) is 14.5. The van der Waals surface area contributed by atoms with E-state index in [1.54, 1.807) is 0 Å². The molecule has 3 rings (SSSR count). The van der Waals surface area contributed by atoms with Crippen LogP contribution >= 0.6 is 0 Å². The lowest BCUT2D eigenvalue weighted by Crippen LogP contribution is -1.95. The normalized spacial score (nSPS) is 9.57. The fourth-order valence-electron chi connectivity index (χ4n) is 1.90. The summed E-state index contributed by atoms with van der Waals surface area (Å²) in [6, 6.07) is 14.2. The molecular weight excluding hydrogens is 266 g/mol. The summed E-state index contributed by atoms with van der Waals surface area (Å²) in [4.78, 5) is 17.0. The number of carboxylic acid groups (broad SMARTS) is 1. The highest BCUT2D eigenvalue weighted by atomic mass is 16.3. The molecule has 2 aromatic heterocycles. The molecule has 0 bridgehead atoms. The van der Waals surface area contributed by atoms with Crippen molar-refractivity contribution in [2.24, 2.45) is 0 Å². The van der Waals surface area contributed by atoms with Crippen LogP contribution in [0.25, 0.3) is 10.8 Å². The van der Waals surface area contributed by atoms with Crippen molar-refractivity contribution >= 4 is 28.7 Å². The van der Waals surface area contributed by atoms with E-state index in [4.69, 9.17) is 9.90 Å². The Hall–Kier alpha value is -2.95. The fraction of sp³-hybridized carbons (Fsp3) is 0.0625. The molecule has 0 atom stereocenters. The van der Waals surface area contributed by atoms with Crippen molar-refractivity contribution in [3.63, 3.8) is 0 Å². The second-order valence-electron chi connectivity index (χ2n) is 4.30. The predicted molar refractivity (Wildman–Crippen MR) is 82.7 cm³/mol. The van der Waals surface area contributed by atoms with Crippen molar-refractivity contribution in [2.75, 3.05) is 5.32 Å². The molecule has 0 spiro atoms. The van der Waals surface area contributed by atoms with Crippen molar-refractivity contribution in [1.29, 1.82) is 0 Å². The number of hydrogen-bond donors (Lipinski definition) is 2. The minimum absolute atomic E-state index is 0.250. The number of nitrogens with one attached hydrogen (secondary N) is 1. The van der Waals surface area contributed by atoms with Crippen LogP contribution in [0.4, 0.5) is 11.5 Å². The van der Waals surface area contributed by atoms with E-state index in [-0.39, 0.29) is 6.47 Å². The van der Waals surface area contributed by atoms with Crippen LogP contribution in [0.3, 0.4) is 0 Å². The molecular formula is C16H15N3O2. The molecule has 0 radical (unpaired) electrons. The molecule has 0 amide bonds. The lowest BCUT2D eigenvalue weighted by molar-refractivity contribution is -0.122. The number of nitrogens with zero attached hydrogens (tertiary/aromatic N) is 2. The Morgan fingerprint density at radius 3 is 2.57 bits per heavy atom. The fourth-order valence-corrected chi connectivity index (χ4v) is 1.90. The lowest BCUT2D eigenvalue weighted by atomic mass is 10.1. The van der Waals surface area contributed by atoms with E-state index in [0.29, 0.717) is 0 Å². The van der Waals surface area contributed by atoms with E-state index in [1.807, 2.05) is 49.6 Å². The van der Waals surface area contributed by atoms with Crippen molar-refractivity contribution < 1.29 is 9.90 Å². The van der Waals surface area contributed by atoms with Gasteiger partial charge in [0.15, 0.2) is 0 Å². The number of aryl methyl sites for hydroxylation is 1. The van der Waals surface area contributed by atoms with E-state index in [2.05, 4.69) is 27.4 Å². The third-order valence-electron chi connectivity index (χ3n) is 2.85. The van der Waals surface area contributed by atoms with Gasteiger partial charge in [-0.15, -0.1) is 0 Å².